The summed E-state index contributed by atoms with van der Waals surface area (Å²) >= 11 is 0. The summed E-state index contributed by atoms with van der Waals surface area (Å²) in [5.41, 5.74) is 0. The van der Waals surface area contributed by atoms with Crippen molar-refractivity contribution < 1.29 is 28.6 Å². The van der Waals surface area contributed by atoms with Crippen LogP contribution in [0, 0.1) is 0 Å². The van der Waals surface area contributed by atoms with E-state index in [4.69, 9.17) is 14.2 Å². The van der Waals surface area contributed by atoms with Crippen molar-refractivity contribution in [2.75, 3.05) is 13.2 Å². The van der Waals surface area contributed by atoms with Gasteiger partial charge in [-0.25, -0.2) is 0 Å². The lowest BCUT2D eigenvalue weighted by Gasteiger charge is -2.18. The van der Waals surface area contributed by atoms with E-state index in [1.165, 1.54) is 193 Å². The first-order chi connectivity index (χ1) is 28.0. The van der Waals surface area contributed by atoms with Crippen LogP contribution in [0.3, 0.4) is 0 Å². The molecule has 1 atom stereocenters. The average Bonchev–Trinajstić information content (AvgIpc) is 3.21. The van der Waals surface area contributed by atoms with Crippen LogP contribution in [-0.2, 0) is 28.6 Å². The molecule has 338 valence electrons. The molecule has 0 saturated carbocycles. The van der Waals surface area contributed by atoms with Crippen LogP contribution in [0.4, 0.5) is 0 Å². The summed E-state index contributed by atoms with van der Waals surface area (Å²) < 4.78 is 16.7. The molecule has 0 amide bonds. The van der Waals surface area contributed by atoms with Crippen LogP contribution in [0.2, 0.25) is 0 Å². The highest BCUT2D eigenvalue weighted by Gasteiger charge is 2.19. The Morgan fingerprint density at radius 3 is 0.702 bits per heavy atom. The Balaban J connectivity index is 4.07. The van der Waals surface area contributed by atoms with Gasteiger partial charge in [-0.1, -0.05) is 252 Å². The van der Waals surface area contributed by atoms with Crippen LogP contribution >= 0.6 is 0 Å². The van der Waals surface area contributed by atoms with E-state index in [2.05, 4.69) is 20.8 Å². The zero-order chi connectivity index (χ0) is 41.5. The molecule has 0 aliphatic rings. The smallest absolute Gasteiger partial charge is 0.306 e. The Hall–Kier alpha value is -1.59. The molecule has 6 heteroatoms. The van der Waals surface area contributed by atoms with Crippen LogP contribution in [-0.4, -0.2) is 37.2 Å². The molecular formula is C51H98O6. The number of carbonyl (C=O) groups is 3. The second-order valence-electron chi connectivity index (χ2n) is 17.5. The third kappa shape index (κ3) is 45.3. The van der Waals surface area contributed by atoms with Gasteiger partial charge in [0.2, 0.25) is 0 Å². The molecule has 0 aromatic rings. The molecule has 0 heterocycles. The zero-order valence-electron chi connectivity index (χ0n) is 38.6. The minimum Gasteiger partial charge on any atom is -0.462 e. The van der Waals surface area contributed by atoms with Crippen LogP contribution in [0.1, 0.15) is 290 Å². The molecule has 0 fully saturated rings. The van der Waals surface area contributed by atoms with E-state index in [0.717, 1.165) is 57.8 Å². The molecule has 57 heavy (non-hydrogen) atoms. The molecule has 0 rings (SSSR count). The minimum absolute atomic E-state index is 0.0628. The molecule has 0 aliphatic carbocycles. The summed E-state index contributed by atoms with van der Waals surface area (Å²) in [6, 6.07) is 0. The van der Waals surface area contributed by atoms with Crippen LogP contribution in [0.5, 0.6) is 0 Å². The summed E-state index contributed by atoms with van der Waals surface area (Å²) in [5, 5.41) is 0. The normalized spacial score (nSPS) is 11.8. The summed E-state index contributed by atoms with van der Waals surface area (Å²) in [7, 11) is 0. The van der Waals surface area contributed by atoms with E-state index < -0.39 is 6.10 Å². The quantitative estimate of drug-likeness (QED) is 0.0346. The molecule has 0 aliphatic heterocycles. The fourth-order valence-corrected chi connectivity index (χ4v) is 7.74. The second-order valence-corrected chi connectivity index (χ2v) is 17.5. The van der Waals surface area contributed by atoms with Crippen molar-refractivity contribution in [1.82, 2.24) is 0 Å². The van der Waals surface area contributed by atoms with Crippen molar-refractivity contribution in [1.29, 1.82) is 0 Å². The Morgan fingerprint density at radius 1 is 0.281 bits per heavy atom. The van der Waals surface area contributed by atoms with Gasteiger partial charge in [0.05, 0.1) is 0 Å². The molecule has 0 N–H and O–H groups in total. The van der Waals surface area contributed by atoms with Gasteiger partial charge in [-0.15, -0.1) is 0 Å². The minimum atomic E-state index is -0.757. The van der Waals surface area contributed by atoms with Crippen molar-refractivity contribution >= 4 is 17.9 Å². The van der Waals surface area contributed by atoms with Gasteiger partial charge in [-0.05, 0) is 19.3 Å². The highest BCUT2D eigenvalue weighted by molar-refractivity contribution is 5.71. The van der Waals surface area contributed by atoms with Crippen LogP contribution in [0.15, 0.2) is 0 Å². The predicted molar refractivity (Wildman–Crippen MR) is 243 cm³/mol. The number of rotatable bonds is 47. The van der Waals surface area contributed by atoms with E-state index in [1.54, 1.807) is 0 Å². The molecule has 0 aromatic heterocycles. The van der Waals surface area contributed by atoms with Gasteiger partial charge < -0.3 is 14.2 Å². The molecular weight excluding hydrogens is 709 g/mol. The standard InChI is InChI=1S/C51H98O6/c1-4-7-10-13-16-19-20-21-22-23-24-25-26-27-28-29-30-31-33-35-38-41-44-50(53)56-47-48(46-55-49(52)43-40-37-34-18-15-12-9-6-3)57-51(54)45-42-39-36-32-17-14-11-8-5-2/h48H,4-47H2,1-3H3. The average molecular weight is 807 g/mol. The Bertz CT molecular complexity index is 844. The largest absolute Gasteiger partial charge is 0.462 e. The lowest BCUT2D eigenvalue weighted by atomic mass is 10.0. The van der Waals surface area contributed by atoms with E-state index in [9.17, 15) is 14.4 Å². The fourth-order valence-electron chi connectivity index (χ4n) is 7.74. The van der Waals surface area contributed by atoms with E-state index >= 15 is 0 Å². The van der Waals surface area contributed by atoms with Crippen molar-refractivity contribution in [3.63, 3.8) is 0 Å². The lowest BCUT2D eigenvalue weighted by molar-refractivity contribution is -0.167. The van der Waals surface area contributed by atoms with Crippen molar-refractivity contribution in [3.05, 3.63) is 0 Å². The van der Waals surface area contributed by atoms with Gasteiger partial charge in [0.25, 0.3) is 0 Å². The van der Waals surface area contributed by atoms with Gasteiger partial charge in [0.15, 0.2) is 6.10 Å². The summed E-state index contributed by atoms with van der Waals surface area (Å²) in [6.07, 6.45) is 49.7. The number of unbranched alkanes of at least 4 members (excludes halogenated alkanes) is 36. The second kappa shape index (κ2) is 47.1. The van der Waals surface area contributed by atoms with Crippen molar-refractivity contribution in [3.8, 4) is 0 Å². The van der Waals surface area contributed by atoms with Crippen LogP contribution < -0.4 is 0 Å². The summed E-state index contributed by atoms with van der Waals surface area (Å²) in [4.78, 5) is 37.7. The topological polar surface area (TPSA) is 78.9 Å². The van der Waals surface area contributed by atoms with Crippen LogP contribution in [0.25, 0.3) is 0 Å². The number of esters is 3. The van der Waals surface area contributed by atoms with Crippen molar-refractivity contribution in [2.45, 2.75) is 297 Å². The maximum Gasteiger partial charge on any atom is 0.306 e. The van der Waals surface area contributed by atoms with Crippen molar-refractivity contribution in [2.24, 2.45) is 0 Å². The number of hydrogen-bond acceptors (Lipinski definition) is 6. The first kappa shape index (κ1) is 55.4. The molecule has 1 unspecified atom stereocenters. The Labute approximate surface area is 355 Å². The maximum absolute atomic E-state index is 12.7. The molecule has 0 bridgehead atoms. The van der Waals surface area contributed by atoms with Gasteiger partial charge >= 0.3 is 17.9 Å². The zero-order valence-corrected chi connectivity index (χ0v) is 38.6. The first-order valence-electron chi connectivity index (χ1n) is 25.5. The highest BCUT2D eigenvalue weighted by atomic mass is 16.6. The first-order valence-corrected chi connectivity index (χ1v) is 25.5. The fraction of sp³-hybridized carbons (Fsp3) is 0.941. The maximum atomic E-state index is 12.7. The molecule has 0 aromatic carbocycles. The number of hydrogen-bond donors (Lipinski definition) is 0. The van der Waals surface area contributed by atoms with E-state index in [1.807, 2.05) is 0 Å². The van der Waals surface area contributed by atoms with Gasteiger partial charge in [-0.3, -0.25) is 14.4 Å². The molecule has 0 spiro atoms. The Morgan fingerprint density at radius 2 is 0.474 bits per heavy atom. The lowest BCUT2D eigenvalue weighted by Crippen LogP contribution is -2.30. The monoisotopic (exact) mass is 807 g/mol. The summed E-state index contributed by atoms with van der Waals surface area (Å²) in [6.45, 7) is 6.63. The Kier molecular flexibility index (Phi) is 45.8. The van der Waals surface area contributed by atoms with Gasteiger partial charge in [-0.2, -0.15) is 0 Å². The summed E-state index contributed by atoms with van der Waals surface area (Å²) in [5.74, 6) is -0.853. The SMILES string of the molecule is CCCCCCCCCCCCCCCCCCCCCCCCC(=O)OCC(COC(=O)CCCCCCCCCC)OC(=O)CCCCCCCCCCC. The third-order valence-electron chi connectivity index (χ3n) is 11.6. The highest BCUT2D eigenvalue weighted by Crippen LogP contribution is 2.17. The van der Waals surface area contributed by atoms with E-state index in [0.29, 0.717) is 19.3 Å². The molecule has 6 nitrogen and oxygen atoms in total. The number of carbonyl (C=O) groups excluding carboxylic acids is 3. The number of ether oxygens (including phenoxy) is 3. The third-order valence-corrected chi connectivity index (χ3v) is 11.6. The molecule has 0 radical (unpaired) electrons. The predicted octanol–water partition coefficient (Wildman–Crippen LogP) is 16.4. The van der Waals surface area contributed by atoms with Gasteiger partial charge in [0.1, 0.15) is 13.2 Å². The van der Waals surface area contributed by atoms with Gasteiger partial charge in [0, 0.05) is 19.3 Å². The molecule has 0 saturated heterocycles. The van der Waals surface area contributed by atoms with E-state index in [-0.39, 0.29) is 31.1 Å².